The lowest BCUT2D eigenvalue weighted by atomic mass is 10.1. The van der Waals surface area contributed by atoms with E-state index in [1.54, 1.807) is 0 Å². The normalized spacial score (nSPS) is 18.4. The van der Waals surface area contributed by atoms with Gasteiger partial charge >= 0.3 is 5.97 Å². The van der Waals surface area contributed by atoms with Crippen LogP contribution >= 0.6 is 0 Å². The molecule has 0 radical (unpaired) electrons. The topological polar surface area (TPSA) is 66.8 Å². The van der Waals surface area contributed by atoms with Crippen molar-refractivity contribution >= 4 is 11.9 Å². The van der Waals surface area contributed by atoms with Crippen molar-refractivity contribution in [1.82, 2.24) is 4.90 Å². The molecule has 1 atom stereocenters. The van der Waals surface area contributed by atoms with Gasteiger partial charge in [-0.05, 0) is 18.6 Å². The maximum absolute atomic E-state index is 13.8. The second-order valence-corrected chi connectivity index (χ2v) is 4.42. The molecule has 0 saturated carbocycles. The van der Waals surface area contributed by atoms with E-state index in [1.807, 2.05) is 0 Å². The number of aliphatic carboxylic acids is 1. The second kappa shape index (κ2) is 5.26. The van der Waals surface area contributed by atoms with Gasteiger partial charge in [-0.1, -0.05) is 0 Å². The molecule has 0 bridgehead atoms. The number of halogens is 1. The van der Waals surface area contributed by atoms with E-state index in [2.05, 4.69) is 0 Å². The predicted octanol–water partition coefficient (Wildman–Crippen LogP) is 1.38. The number of carbonyl (C=O) groups excluding carboxylic acids is 1. The van der Waals surface area contributed by atoms with Crippen LogP contribution in [0.5, 0.6) is 5.75 Å². The molecule has 1 amide bonds. The minimum Gasteiger partial charge on any atom is -0.497 e. The van der Waals surface area contributed by atoms with Crippen LogP contribution in [0, 0.1) is 11.7 Å². The first kappa shape index (κ1) is 13.3. The number of amides is 1. The standard InChI is InChI=1S/C13H14FNO4/c1-19-9-2-3-10(11(14)6-9)12(16)15-5-4-8(7-15)13(17)18/h2-3,6,8H,4-5,7H2,1H3,(H,17,18)/t8-/m0/s1. The van der Waals surface area contributed by atoms with E-state index in [-0.39, 0.29) is 12.1 Å². The molecule has 6 heteroatoms. The third kappa shape index (κ3) is 2.67. The number of ether oxygens (including phenoxy) is 1. The Kier molecular flexibility index (Phi) is 3.69. The summed E-state index contributed by atoms with van der Waals surface area (Å²) in [5, 5.41) is 8.88. The number of carboxylic acid groups (broad SMARTS) is 1. The highest BCUT2D eigenvalue weighted by atomic mass is 19.1. The molecule has 5 nitrogen and oxygen atoms in total. The van der Waals surface area contributed by atoms with Gasteiger partial charge in [-0.15, -0.1) is 0 Å². The molecule has 1 aliphatic heterocycles. The predicted molar refractivity (Wildman–Crippen MR) is 64.6 cm³/mol. The molecule has 1 aromatic carbocycles. The van der Waals surface area contributed by atoms with Crippen LogP contribution < -0.4 is 4.74 Å². The maximum Gasteiger partial charge on any atom is 0.308 e. The summed E-state index contributed by atoms with van der Waals surface area (Å²) in [6.45, 7) is 0.459. The Labute approximate surface area is 109 Å². The van der Waals surface area contributed by atoms with Crippen molar-refractivity contribution < 1.29 is 23.8 Å². The average molecular weight is 267 g/mol. The molecule has 1 aliphatic rings. The third-order valence-electron chi connectivity index (χ3n) is 3.23. The molecular weight excluding hydrogens is 253 g/mol. The van der Waals surface area contributed by atoms with Crippen LogP contribution in [0.4, 0.5) is 4.39 Å². The summed E-state index contributed by atoms with van der Waals surface area (Å²) >= 11 is 0. The number of likely N-dealkylation sites (tertiary alicyclic amines) is 1. The second-order valence-electron chi connectivity index (χ2n) is 4.42. The summed E-state index contributed by atoms with van der Waals surface area (Å²) in [6.07, 6.45) is 0.402. The lowest BCUT2D eigenvalue weighted by molar-refractivity contribution is -0.141. The van der Waals surface area contributed by atoms with Gasteiger partial charge < -0.3 is 14.7 Å². The van der Waals surface area contributed by atoms with E-state index >= 15 is 0 Å². The van der Waals surface area contributed by atoms with Crippen LogP contribution in [-0.4, -0.2) is 42.1 Å². The number of methoxy groups -OCH3 is 1. The van der Waals surface area contributed by atoms with Crippen LogP contribution in [0.1, 0.15) is 16.8 Å². The number of carbonyl (C=O) groups is 2. The van der Waals surface area contributed by atoms with Gasteiger partial charge in [-0.3, -0.25) is 9.59 Å². The number of benzene rings is 1. The van der Waals surface area contributed by atoms with Crippen molar-refractivity contribution in [3.63, 3.8) is 0 Å². The van der Waals surface area contributed by atoms with E-state index in [4.69, 9.17) is 9.84 Å². The Morgan fingerprint density at radius 1 is 1.47 bits per heavy atom. The van der Waals surface area contributed by atoms with Gasteiger partial charge in [0.25, 0.3) is 5.91 Å². The summed E-state index contributed by atoms with van der Waals surface area (Å²) in [5.41, 5.74) is -0.0631. The molecule has 1 N–H and O–H groups in total. The minimum absolute atomic E-state index is 0.0631. The molecule has 0 aliphatic carbocycles. The fraction of sp³-hybridized carbons (Fsp3) is 0.385. The SMILES string of the molecule is COc1ccc(C(=O)N2CC[C@H](C(=O)O)C2)c(F)c1. The maximum atomic E-state index is 13.8. The van der Waals surface area contributed by atoms with Crippen LogP contribution in [-0.2, 0) is 4.79 Å². The number of hydrogen-bond donors (Lipinski definition) is 1. The quantitative estimate of drug-likeness (QED) is 0.898. The lowest BCUT2D eigenvalue weighted by Gasteiger charge is -2.16. The Bertz CT molecular complexity index is 517. The summed E-state index contributed by atoms with van der Waals surface area (Å²) in [6, 6.07) is 3.99. The van der Waals surface area contributed by atoms with Gasteiger partial charge in [0.05, 0.1) is 18.6 Å². The molecule has 0 spiro atoms. The molecule has 2 rings (SSSR count). The highest BCUT2D eigenvalue weighted by Crippen LogP contribution is 2.22. The first-order valence-corrected chi connectivity index (χ1v) is 5.88. The van der Waals surface area contributed by atoms with Crippen LogP contribution in [0.25, 0.3) is 0 Å². The van der Waals surface area contributed by atoms with E-state index in [9.17, 15) is 14.0 Å². The summed E-state index contributed by atoms with van der Waals surface area (Å²) in [4.78, 5) is 24.3. The number of hydrogen-bond acceptors (Lipinski definition) is 3. The van der Waals surface area contributed by atoms with Crippen LogP contribution in [0.2, 0.25) is 0 Å². The first-order chi connectivity index (χ1) is 9.02. The van der Waals surface area contributed by atoms with E-state index in [1.165, 1.54) is 24.1 Å². The molecule has 1 fully saturated rings. The highest BCUT2D eigenvalue weighted by molar-refractivity contribution is 5.95. The Balaban J connectivity index is 2.14. The van der Waals surface area contributed by atoms with Gasteiger partial charge in [0.1, 0.15) is 11.6 Å². The summed E-state index contributed by atoms with van der Waals surface area (Å²) in [5.74, 6) is -2.30. The van der Waals surface area contributed by atoms with Crippen molar-refractivity contribution in [2.24, 2.45) is 5.92 Å². The zero-order valence-corrected chi connectivity index (χ0v) is 10.4. The van der Waals surface area contributed by atoms with Gasteiger partial charge in [0.15, 0.2) is 0 Å². The van der Waals surface area contributed by atoms with Gasteiger partial charge in [0.2, 0.25) is 0 Å². The Morgan fingerprint density at radius 2 is 2.21 bits per heavy atom. The zero-order chi connectivity index (χ0) is 14.0. The molecule has 1 heterocycles. The molecule has 102 valence electrons. The van der Waals surface area contributed by atoms with Crippen molar-refractivity contribution in [2.45, 2.75) is 6.42 Å². The highest BCUT2D eigenvalue weighted by Gasteiger charge is 2.32. The van der Waals surface area contributed by atoms with Crippen LogP contribution in [0.15, 0.2) is 18.2 Å². The third-order valence-corrected chi connectivity index (χ3v) is 3.23. The number of rotatable bonds is 3. The lowest BCUT2D eigenvalue weighted by Crippen LogP contribution is -2.30. The van der Waals surface area contributed by atoms with Crippen molar-refractivity contribution in [2.75, 3.05) is 20.2 Å². The Hall–Kier alpha value is -2.11. The molecule has 1 saturated heterocycles. The van der Waals surface area contributed by atoms with Crippen molar-refractivity contribution in [3.8, 4) is 5.75 Å². The van der Waals surface area contributed by atoms with Gasteiger partial charge in [-0.2, -0.15) is 0 Å². The fourth-order valence-electron chi connectivity index (χ4n) is 2.11. The van der Waals surface area contributed by atoms with E-state index in [0.29, 0.717) is 18.7 Å². The molecule has 19 heavy (non-hydrogen) atoms. The zero-order valence-electron chi connectivity index (χ0n) is 10.4. The number of carboxylic acids is 1. The fourth-order valence-corrected chi connectivity index (χ4v) is 2.11. The average Bonchev–Trinajstić information content (AvgIpc) is 2.87. The molecule has 1 aromatic rings. The first-order valence-electron chi connectivity index (χ1n) is 5.88. The van der Waals surface area contributed by atoms with Gasteiger partial charge in [-0.25, -0.2) is 4.39 Å². The summed E-state index contributed by atoms with van der Waals surface area (Å²) in [7, 11) is 1.41. The molecule has 0 unspecified atom stereocenters. The van der Waals surface area contributed by atoms with E-state index < -0.39 is 23.6 Å². The van der Waals surface area contributed by atoms with E-state index in [0.717, 1.165) is 6.07 Å². The van der Waals surface area contributed by atoms with Gasteiger partial charge in [0, 0.05) is 19.2 Å². The smallest absolute Gasteiger partial charge is 0.308 e. The summed E-state index contributed by atoms with van der Waals surface area (Å²) < 4.78 is 18.6. The van der Waals surface area contributed by atoms with Crippen molar-refractivity contribution in [1.29, 1.82) is 0 Å². The molecular formula is C13H14FNO4. The van der Waals surface area contributed by atoms with Crippen molar-refractivity contribution in [3.05, 3.63) is 29.6 Å². The largest absolute Gasteiger partial charge is 0.497 e. The monoisotopic (exact) mass is 267 g/mol. The minimum atomic E-state index is -0.925. The van der Waals surface area contributed by atoms with Crippen LogP contribution in [0.3, 0.4) is 0 Å². The Morgan fingerprint density at radius 3 is 2.74 bits per heavy atom. The number of nitrogens with zero attached hydrogens (tertiary/aromatic N) is 1. The molecule has 0 aromatic heterocycles.